The first-order valence-electron chi connectivity index (χ1n) is 6.32. The molecule has 0 radical (unpaired) electrons. The Morgan fingerprint density at radius 1 is 1.11 bits per heavy atom. The number of rotatable bonds is 3. The van der Waals surface area contributed by atoms with Crippen molar-refractivity contribution in [3.8, 4) is 0 Å². The first kappa shape index (κ1) is 13.4. The fourth-order valence-electron chi connectivity index (χ4n) is 2.34. The smallest absolute Gasteiger partial charge is 0.174 e. The molecule has 3 nitrogen and oxygen atoms in total. The van der Waals surface area contributed by atoms with Crippen LogP contribution >= 0.6 is 0 Å². The summed E-state index contributed by atoms with van der Waals surface area (Å²) in [5.74, 6) is 0.934. The van der Waals surface area contributed by atoms with E-state index in [2.05, 4.69) is 36.7 Å². The molecule has 0 N–H and O–H groups in total. The van der Waals surface area contributed by atoms with Crippen molar-refractivity contribution in [2.24, 2.45) is 0 Å². The Morgan fingerprint density at radius 2 is 1.74 bits per heavy atom. The van der Waals surface area contributed by atoms with Crippen molar-refractivity contribution in [1.29, 1.82) is 0 Å². The van der Waals surface area contributed by atoms with Gasteiger partial charge in [0.05, 0.1) is 12.7 Å². The lowest BCUT2D eigenvalue weighted by molar-refractivity contribution is -0.458. The number of hydrogen-bond donors (Lipinski definition) is 0. The monoisotopic (exact) mass is 257 g/mol. The summed E-state index contributed by atoms with van der Waals surface area (Å²) in [5.41, 5.74) is 4.72. The summed E-state index contributed by atoms with van der Waals surface area (Å²) in [5, 5.41) is 0. The highest BCUT2D eigenvalue weighted by Gasteiger charge is 2.28. The Morgan fingerprint density at radius 3 is 2.26 bits per heavy atom. The molecule has 1 aliphatic rings. The van der Waals surface area contributed by atoms with Gasteiger partial charge < -0.3 is 9.64 Å². The van der Waals surface area contributed by atoms with Crippen LogP contribution in [0.4, 0.5) is 0 Å². The second kappa shape index (κ2) is 5.31. The first-order valence-corrected chi connectivity index (χ1v) is 6.32. The molecule has 0 atom stereocenters. The van der Waals surface area contributed by atoms with Gasteiger partial charge in [0, 0.05) is 25.9 Å². The van der Waals surface area contributed by atoms with Crippen molar-refractivity contribution in [1.82, 2.24) is 4.90 Å². The van der Waals surface area contributed by atoms with Crippen molar-refractivity contribution in [2.45, 2.75) is 0 Å². The van der Waals surface area contributed by atoms with Gasteiger partial charge in [-0.3, -0.25) is 0 Å². The highest BCUT2D eigenvalue weighted by Crippen LogP contribution is 2.40. The molecule has 0 saturated heterocycles. The topological polar surface area (TPSA) is 15.5 Å². The fourth-order valence-corrected chi connectivity index (χ4v) is 2.34. The van der Waals surface area contributed by atoms with Gasteiger partial charge in [-0.2, -0.15) is 0 Å². The van der Waals surface area contributed by atoms with Crippen LogP contribution < -0.4 is 0 Å². The van der Waals surface area contributed by atoms with Crippen LogP contribution in [0.25, 0.3) is 11.1 Å². The van der Waals surface area contributed by atoms with Gasteiger partial charge in [0.15, 0.2) is 6.21 Å². The summed E-state index contributed by atoms with van der Waals surface area (Å²) in [4.78, 5) is 2.05. The van der Waals surface area contributed by atoms with E-state index < -0.39 is 0 Å². The zero-order chi connectivity index (χ0) is 14.0. The summed E-state index contributed by atoms with van der Waals surface area (Å²) in [6.45, 7) is 0. The van der Waals surface area contributed by atoms with Crippen LogP contribution in [-0.2, 0) is 4.74 Å². The summed E-state index contributed by atoms with van der Waals surface area (Å²) in [7, 11) is 9.83. The molecular formula is C16H21N2O+. The number of allylic oxidation sites excluding steroid dienone is 2. The molecule has 0 fully saturated rings. The molecule has 1 aromatic rings. The van der Waals surface area contributed by atoms with Gasteiger partial charge in [0.25, 0.3) is 0 Å². The molecule has 0 aromatic heterocycles. The molecule has 0 bridgehead atoms. The van der Waals surface area contributed by atoms with E-state index in [4.69, 9.17) is 4.74 Å². The number of benzene rings is 1. The predicted octanol–water partition coefficient (Wildman–Crippen LogP) is 2.30. The minimum Gasteiger partial charge on any atom is -0.495 e. The van der Waals surface area contributed by atoms with E-state index in [1.54, 1.807) is 7.11 Å². The third-order valence-electron chi connectivity index (χ3n) is 2.98. The lowest BCUT2D eigenvalue weighted by atomic mass is 10.0. The standard InChI is InChI=1S/C16H21N2O/c1-17(2)10-14-12-8-6-7-9-13(12)15(11-18(3)4)16(14)19-5/h6-11H,1-5H3/q+1. The van der Waals surface area contributed by atoms with E-state index in [-0.39, 0.29) is 0 Å². The highest BCUT2D eigenvalue weighted by molar-refractivity contribution is 6.18. The molecule has 0 heterocycles. The minimum absolute atomic E-state index is 0.934. The average Bonchev–Trinajstić information content (AvgIpc) is 2.63. The molecule has 0 unspecified atom stereocenters. The molecule has 0 saturated carbocycles. The van der Waals surface area contributed by atoms with Crippen LogP contribution in [0.15, 0.2) is 36.2 Å². The van der Waals surface area contributed by atoms with Crippen molar-refractivity contribution in [3.05, 3.63) is 47.4 Å². The quantitative estimate of drug-likeness (QED) is 0.610. The number of methoxy groups -OCH3 is 1. The van der Waals surface area contributed by atoms with Crippen LogP contribution in [0.1, 0.15) is 11.1 Å². The summed E-state index contributed by atoms with van der Waals surface area (Å²) >= 11 is 0. The maximum absolute atomic E-state index is 5.65. The highest BCUT2D eigenvalue weighted by atomic mass is 16.5. The molecule has 3 heteroatoms. The summed E-state index contributed by atoms with van der Waals surface area (Å²) < 4.78 is 7.69. The van der Waals surface area contributed by atoms with Gasteiger partial charge in [0.2, 0.25) is 0 Å². The Kier molecular flexibility index (Phi) is 3.74. The molecule has 0 aliphatic heterocycles. The van der Waals surface area contributed by atoms with Crippen molar-refractivity contribution in [2.75, 3.05) is 35.3 Å². The molecule has 0 amide bonds. The second-order valence-corrected chi connectivity index (χ2v) is 5.09. The van der Waals surface area contributed by atoms with Crippen LogP contribution in [0.5, 0.6) is 0 Å². The molecule has 0 spiro atoms. The number of hydrogen-bond acceptors (Lipinski definition) is 2. The van der Waals surface area contributed by atoms with Crippen LogP contribution in [0.2, 0.25) is 0 Å². The molecule has 1 aliphatic carbocycles. The third kappa shape index (κ3) is 2.55. The van der Waals surface area contributed by atoms with Gasteiger partial charge in [-0.1, -0.05) is 24.3 Å². The maximum Gasteiger partial charge on any atom is 0.174 e. The van der Waals surface area contributed by atoms with E-state index >= 15 is 0 Å². The fraction of sp³-hybridized carbons (Fsp3) is 0.312. The molecule has 2 rings (SSSR count). The van der Waals surface area contributed by atoms with Gasteiger partial charge in [-0.05, 0) is 11.1 Å². The second-order valence-electron chi connectivity index (χ2n) is 5.09. The lowest BCUT2D eigenvalue weighted by Crippen LogP contribution is -2.04. The van der Waals surface area contributed by atoms with E-state index in [1.165, 1.54) is 11.1 Å². The maximum atomic E-state index is 5.65. The number of fused-ring (bicyclic) bond motifs is 1. The van der Waals surface area contributed by atoms with Crippen LogP contribution in [-0.4, -0.2) is 51.0 Å². The molecule has 19 heavy (non-hydrogen) atoms. The zero-order valence-electron chi connectivity index (χ0n) is 12.3. The van der Waals surface area contributed by atoms with Gasteiger partial charge >= 0.3 is 0 Å². The van der Waals surface area contributed by atoms with Crippen LogP contribution in [0.3, 0.4) is 0 Å². The lowest BCUT2D eigenvalue weighted by Gasteiger charge is -2.10. The SMILES string of the molecule is COC1=C(C=[N+](C)C)c2ccccc2/C1=C\N(C)C. The van der Waals surface area contributed by atoms with Gasteiger partial charge in [-0.25, -0.2) is 4.58 Å². The Labute approximate surface area is 115 Å². The minimum atomic E-state index is 0.934. The Bertz CT molecular complexity index is 576. The van der Waals surface area contributed by atoms with Gasteiger partial charge in [-0.15, -0.1) is 0 Å². The van der Waals surface area contributed by atoms with E-state index in [0.717, 1.165) is 16.9 Å². The van der Waals surface area contributed by atoms with Crippen molar-refractivity contribution < 1.29 is 9.31 Å². The average molecular weight is 257 g/mol. The third-order valence-corrected chi connectivity index (χ3v) is 2.98. The number of ether oxygens (including phenoxy) is 1. The Hall–Kier alpha value is -2.03. The summed E-state index contributed by atoms with van der Waals surface area (Å²) in [6, 6.07) is 8.41. The van der Waals surface area contributed by atoms with Gasteiger partial charge in [0.1, 0.15) is 19.9 Å². The summed E-state index contributed by atoms with van der Waals surface area (Å²) in [6.07, 6.45) is 4.21. The van der Waals surface area contributed by atoms with Crippen molar-refractivity contribution >= 4 is 17.4 Å². The molecule has 100 valence electrons. The zero-order valence-corrected chi connectivity index (χ0v) is 12.3. The van der Waals surface area contributed by atoms with E-state index in [9.17, 15) is 0 Å². The van der Waals surface area contributed by atoms with Crippen LogP contribution in [0, 0.1) is 0 Å². The first-order chi connectivity index (χ1) is 9.04. The Balaban J connectivity index is 2.69. The number of nitrogens with zero attached hydrogens (tertiary/aromatic N) is 2. The molecule has 1 aromatic carbocycles. The van der Waals surface area contributed by atoms with Crippen molar-refractivity contribution in [3.63, 3.8) is 0 Å². The van der Waals surface area contributed by atoms with E-state index in [1.807, 2.05) is 37.7 Å². The molecular weight excluding hydrogens is 236 g/mol. The normalized spacial score (nSPS) is 15.5. The largest absolute Gasteiger partial charge is 0.495 e. The van der Waals surface area contributed by atoms with E-state index in [0.29, 0.717) is 0 Å². The predicted molar refractivity (Wildman–Crippen MR) is 80.2 cm³/mol.